The van der Waals surface area contributed by atoms with E-state index < -0.39 is 17.8 Å². The van der Waals surface area contributed by atoms with E-state index in [1.165, 1.54) is 7.11 Å². The van der Waals surface area contributed by atoms with Crippen LogP contribution in [0.15, 0.2) is 78.9 Å². The molecule has 34 heavy (non-hydrogen) atoms. The van der Waals surface area contributed by atoms with Gasteiger partial charge in [-0.3, -0.25) is 14.4 Å². The van der Waals surface area contributed by atoms with Crippen LogP contribution < -0.4 is 15.5 Å². The third kappa shape index (κ3) is 4.96. The molecule has 0 saturated carbocycles. The van der Waals surface area contributed by atoms with Crippen LogP contribution in [0.5, 0.6) is 0 Å². The zero-order valence-electron chi connectivity index (χ0n) is 18.5. The highest BCUT2D eigenvalue weighted by molar-refractivity contribution is 6.08. The summed E-state index contributed by atoms with van der Waals surface area (Å²) >= 11 is 0. The van der Waals surface area contributed by atoms with Crippen molar-refractivity contribution in [2.75, 3.05) is 29.2 Å². The second kappa shape index (κ2) is 9.99. The number of rotatable bonds is 6. The van der Waals surface area contributed by atoms with Gasteiger partial charge < -0.3 is 20.3 Å². The first-order valence-corrected chi connectivity index (χ1v) is 10.7. The number of methoxy groups -OCH3 is 1. The first-order valence-electron chi connectivity index (χ1n) is 10.7. The fourth-order valence-electron chi connectivity index (χ4n) is 3.76. The van der Waals surface area contributed by atoms with Crippen molar-refractivity contribution >= 4 is 40.8 Å². The molecule has 1 fully saturated rings. The van der Waals surface area contributed by atoms with Gasteiger partial charge in [-0.1, -0.05) is 30.3 Å². The number of carbonyl (C=O) groups is 4. The zero-order chi connectivity index (χ0) is 24.1. The van der Waals surface area contributed by atoms with Crippen LogP contribution in [0.25, 0.3) is 0 Å². The Morgan fingerprint density at radius 3 is 2.26 bits per heavy atom. The summed E-state index contributed by atoms with van der Waals surface area (Å²) in [4.78, 5) is 51.2. The van der Waals surface area contributed by atoms with E-state index in [0.717, 1.165) is 5.69 Å². The molecule has 1 atom stereocenters. The molecular formula is C26H23N3O5. The molecule has 2 N–H and O–H groups in total. The van der Waals surface area contributed by atoms with E-state index in [0.29, 0.717) is 23.5 Å². The maximum Gasteiger partial charge on any atom is 0.339 e. The normalized spacial score (nSPS) is 15.0. The smallest absolute Gasteiger partial charge is 0.339 e. The van der Waals surface area contributed by atoms with Gasteiger partial charge >= 0.3 is 5.97 Å². The van der Waals surface area contributed by atoms with Gasteiger partial charge in [0, 0.05) is 29.9 Å². The average molecular weight is 457 g/mol. The van der Waals surface area contributed by atoms with Crippen LogP contribution >= 0.6 is 0 Å². The predicted molar refractivity (Wildman–Crippen MR) is 128 cm³/mol. The molecule has 4 rings (SSSR count). The lowest BCUT2D eigenvalue weighted by Crippen LogP contribution is -2.28. The molecule has 0 radical (unpaired) electrons. The largest absolute Gasteiger partial charge is 0.465 e. The van der Waals surface area contributed by atoms with Gasteiger partial charge in [0.2, 0.25) is 11.8 Å². The first-order chi connectivity index (χ1) is 16.5. The molecule has 1 saturated heterocycles. The monoisotopic (exact) mass is 457 g/mol. The number of carbonyl (C=O) groups excluding carboxylic acids is 4. The van der Waals surface area contributed by atoms with E-state index in [9.17, 15) is 19.2 Å². The number of para-hydroxylation sites is 2. The lowest BCUT2D eigenvalue weighted by atomic mass is 10.1. The number of nitrogens with zero attached hydrogens (tertiary/aromatic N) is 1. The van der Waals surface area contributed by atoms with Gasteiger partial charge in [0.05, 0.1) is 24.3 Å². The van der Waals surface area contributed by atoms with E-state index >= 15 is 0 Å². The van der Waals surface area contributed by atoms with Crippen molar-refractivity contribution in [2.45, 2.75) is 6.42 Å². The molecule has 172 valence electrons. The summed E-state index contributed by atoms with van der Waals surface area (Å²) < 4.78 is 4.74. The summed E-state index contributed by atoms with van der Waals surface area (Å²) in [5.41, 5.74) is 2.22. The van der Waals surface area contributed by atoms with Crippen LogP contribution in [0.4, 0.5) is 17.1 Å². The summed E-state index contributed by atoms with van der Waals surface area (Å²) in [5.74, 6) is -1.77. The van der Waals surface area contributed by atoms with Gasteiger partial charge in [0.25, 0.3) is 5.91 Å². The highest BCUT2D eigenvalue weighted by atomic mass is 16.5. The summed E-state index contributed by atoms with van der Waals surface area (Å²) in [6, 6.07) is 22.2. The van der Waals surface area contributed by atoms with Gasteiger partial charge in [-0.05, 0) is 48.5 Å². The molecule has 1 heterocycles. The second-order valence-corrected chi connectivity index (χ2v) is 7.80. The lowest BCUT2D eigenvalue weighted by Gasteiger charge is -2.16. The quantitative estimate of drug-likeness (QED) is 0.549. The lowest BCUT2D eigenvalue weighted by molar-refractivity contribution is -0.122. The molecule has 3 aromatic carbocycles. The van der Waals surface area contributed by atoms with E-state index in [1.807, 2.05) is 30.3 Å². The number of benzene rings is 3. The minimum atomic E-state index is -0.551. The third-order valence-corrected chi connectivity index (χ3v) is 5.56. The van der Waals surface area contributed by atoms with E-state index in [2.05, 4.69) is 10.6 Å². The van der Waals surface area contributed by atoms with Crippen LogP contribution in [0.2, 0.25) is 0 Å². The number of amides is 3. The number of hydrogen-bond acceptors (Lipinski definition) is 5. The van der Waals surface area contributed by atoms with Crippen molar-refractivity contribution in [3.8, 4) is 0 Å². The molecule has 0 bridgehead atoms. The van der Waals surface area contributed by atoms with Gasteiger partial charge in [0.15, 0.2) is 0 Å². The van der Waals surface area contributed by atoms with E-state index in [1.54, 1.807) is 53.4 Å². The van der Waals surface area contributed by atoms with Crippen molar-refractivity contribution in [1.82, 2.24) is 0 Å². The Kier molecular flexibility index (Phi) is 6.68. The second-order valence-electron chi connectivity index (χ2n) is 7.80. The SMILES string of the molecule is COC(=O)c1ccccc1NC(=O)c1ccc(NC(=O)C2CC(=O)N(c3ccccc3)C2)cc1. The zero-order valence-corrected chi connectivity index (χ0v) is 18.5. The minimum absolute atomic E-state index is 0.0920. The molecule has 1 aliphatic heterocycles. The highest BCUT2D eigenvalue weighted by Gasteiger charge is 2.35. The number of anilines is 3. The van der Waals surface area contributed by atoms with Gasteiger partial charge in [0.1, 0.15) is 0 Å². The fourth-order valence-corrected chi connectivity index (χ4v) is 3.76. The maximum atomic E-state index is 12.7. The summed E-state index contributed by atoms with van der Waals surface area (Å²) in [6.45, 7) is 0.314. The summed E-state index contributed by atoms with van der Waals surface area (Å²) in [5, 5.41) is 5.52. The number of nitrogens with one attached hydrogen (secondary N) is 2. The standard InChI is InChI=1S/C26H23N3O5/c1-34-26(33)21-9-5-6-10-22(21)28-24(31)17-11-13-19(14-12-17)27-25(32)18-15-23(30)29(16-18)20-7-3-2-4-8-20/h2-14,18H,15-16H2,1H3,(H,27,32)(H,28,31). The first kappa shape index (κ1) is 22.7. The van der Waals surface area contributed by atoms with Crippen molar-refractivity contribution in [1.29, 1.82) is 0 Å². The van der Waals surface area contributed by atoms with Crippen molar-refractivity contribution in [2.24, 2.45) is 5.92 Å². The van der Waals surface area contributed by atoms with E-state index in [-0.39, 0.29) is 23.8 Å². The summed E-state index contributed by atoms with van der Waals surface area (Å²) in [6.07, 6.45) is 0.140. The summed E-state index contributed by atoms with van der Waals surface area (Å²) in [7, 11) is 1.27. The molecule has 3 aromatic rings. The number of hydrogen-bond donors (Lipinski definition) is 2. The Bertz CT molecular complexity index is 1220. The third-order valence-electron chi connectivity index (χ3n) is 5.56. The van der Waals surface area contributed by atoms with Gasteiger partial charge in [-0.15, -0.1) is 0 Å². The van der Waals surface area contributed by atoms with E-state index in [4.69, 9.17) is 4.74 Å². The molecule has 3 amide bonds. The fraction of sp³-hybridized carbons (Fsp3) is 0.154. The van der Waals surface area contributed by atoms with Crippen LogP contribution in [0.3, 0.4) is 0 Å². The van der Waals surface area contributed by atoms with Crippen LogP contribution in [0, 0.1) is 5.92 Å². The number of ether oxygens (including phenoxy) is 1. The Morgan fingerprint density at radius 1 is 0.882 bits per heavy atom. The minimum Gasteiger partial charge on any atom is -0.465 e. The average Bonchev–Trinajstić information content (AvgIpc) is 3.26. The molecule has 8 nitrogen and oxygen atoms in total. The Hall–Kier alpha value is -4.46. The van der Waals surface area contributed by atoms with Crippen LogP contribution in [-0.2, 0) is 14.3 Å². The molecular weight excluding hydrogens is 434 g/mol. The molecule has 0 spiro atoms. The van der Waals surface area contributed by atoms with Crippen LogP contribution in [0.1, 0.15) is 27.1 Å². The maximum absolute atomic E-state index is 12.7. The van der Waals surface area contributed by atoms with Gasteiger partial charge in [-0.25, -0.2) is 4.79 Å². The van der Waals surface area contributed by atoms with Crippen molar-refractivity contribution in [3.05, 3.63) is 90.0 Å². The predicted octanol–water partition coefficient (Wildman–Crippen LogP) is 3.72. The molecule has 0 aliphatic carbocycles. The molecule has 1 aliphatic rings. The Labute approximate surface area is 196 Å². The molecule has 1 unspecified atom stereocenters. The topological polar surface area (TPSA) is 105 Å². The highest BCUT2D eigenvalue weighted by Crippen LogP contribution is 2.26. The van der Waals surface area contributed by atoms with Crippen LogP contribution in [-0.4, -0.2) is 37.3 Å². The number of esters is 1. The molecule has 8 heteroatoms. The Balaban J connectivity index is 1.38. The van der Waals surface area contributed by atoms with Crippen molar-refractivity contribution < 1.29 is 23.9 Å². The molecule has 0 aromatic heterocycles. The van der Waals surface area contributed by atoms with Crippen molar-refractivity contribution in [3.63, 3.8) is 0 Å². The van der Waals surface area contributed by atoms with Gasteiger partial charge in [-0.2, -0.15) is 0 Å². The Morgan fingerprint density at radius 2 is 1.56 bits per heavy atom.